The quantitative estimate of drug-likeness (QED) is 0.909. The van der Waals surface area contributed by atoms with E-state index in [1.807, 2.05) is 0 Å². The van der Waals surface area contributed by atoms with E-state index in [0.717, 1.165) is 19.3 Å². The van der Waals surface area contributed by atoms with E-state index in [1.165, 1.54) is 11.1 Å². The van der Waals surface area contributed by atoms with Gasteiger partial charge < -0.3 is 5.32 Å². The summed E-state index contributed by atoms with van der Waals surface area (Å²) in [6.45, 7) is 6.56. The lowest BCUT2D eigenvalue weighted by atomic mass is 9.99. The van der Waals surface area contributed by atoms with Crippen LogP contribution in [0.25, 0.3) is 0 Å². The lowest BCUT2D eigenvalue weighted by Crippen LogP contribution is -2.41. The van der Waals surface area contributed by atoms with Crippen LogP contribution in [0.4, 0.5) is 0 Å². The van der Waals surface area contributed by atoms with Gasteiger partial charge in [0.15, 0.2) is 9.84 Å². The molecule has 1 aliphatic heterocycles. The molecule has 1 aromatic carbocycles. The molecule has 1 N–H and O–H groups in total. The largest absolute Gasteiger partial charge is 0.306 e. The van der Waals surface area contributed by atoms with Gasteiger partial charge in [-0.15, -0.1) is 0 Å². The van der Waals surface area contributed by atoms with Crippen molar-refractivity contribution >= 4 is 9.84 Å². The molecule has 2 unspecified atom stereocenters. The highest BCUT2D eigenvalue weighted by Gasteiger charge is 2.25. The lowest BCUT2D eigenvalue weighted by molar-refractivity contribution is 0.437. The highest BCUT2D eigenvalue weighted by Crippen LogP contribution is 2.19. The van der Waals surface area contributed by atoms with Crippen molar-refractivity contribution in [3.63, 3.8) is 0 Å². The standard InChI is InChI=1S/C17H27NO2S/c1-13(2)11-15-6-8-16(9-7-15)14(3)18-17-5-4-10-21(19,20)12-17/h6-9,13-14,17-18H,4-5,10-12H2,1-3H3. The summed E-state index contributed by atoms with van der Waals surface area (Å²) in [7, 11) is -2.84. The van der Waals surface area contributed by atoms with Crippen LogP contribution in [0.5, 0.6) is 0 Å². The molecule has 118 valence electrons. The van der Waals surface area contributed by atoms with E-state index in [-0.39, 0.29) is 17.8 Å². The smallest absolute Gasteiger partial charge is 0.151 e. The summed E-state index contributed by atoms with van der Waals surface area (Å²) in [6.07, 6.45) is 2.83. The second kappa shape index (κ2) is 6.93. The normalized spacial score (nSPS) is 23.1. The molecule has 0 aromatic heterocycles. The van der Waals surface area contributed by atoms with Crippen LogP contribution < -0.4 is 5.32 Å². The van der Waals surface area contributed by atoms with E-state index < -0.39 is 9.84 Å². The van der Waals surface area contributed by atoms with Gasteiger partial charge in [-0.1, -0.05) is 38.1 Å². The van der Waals surface area contributed by atoms with Crippen molar-refractivity contribution in [3.8, 4) is 0 Å². The van der Waals surface area contributed by atoms with Crippen LogP contribution in [-0.2, 0) is 16.3 Å². The van der Waals surface area contributed by atoms with Gasteiger partial charge in [0.25, 0.3) is 0 Å². The van der Waals surface area contributed by atoms with Crippen LogP contribution in [0.15, 0.2) is 24.3 Å². The van der Waals surface area contributed by atoms with Crippen molar-refractivity contribution in [3.05, 3.63) is 35.4 Å². The Morgan fingerprint density at radius 3 is 2.43 bits per heavy atom. The van der Waals surface area contributed by atoms with E-state index in [1.54, 1.807) is 0 Å². The first-order valence-electron chi connectivity index (χ1n) is 7.91. The van der Waals surface area contributed by atoms with Crippen molar-refractivity contribution in [2.75, 3.05) is 11.5 Å². The maximum Gasteiger partial charge on any atom is 0.151 e. The maximum absolute atomic E-state index is 11.7. The number of hydrogen-bond acceptors (Lipinski definition) is 3. The predicted molar refractivity (Wildman–Crippen MR) is 88.2 cm³/mol. The highest BCUT2D eigenvalue weighted by atomic mass is 32.2. The first kappa shape index (κ1) is 16.5. The van der Waals surface area contributed by atoms with E-state index >= 15 is 0 Å². The Morgan fingerprint density at radius 2 is 1.86 bits per heavy atom. The molecule has 2 rings (SSSR count). The van der Waals surface area contributed by atoms with Gasteiger partial charge in [-0.2, -0.15) is 0 Å². The summed E-state index contributed by atoms with van der Waals surface area (Å²) in [4.78, 5) is 0. The SMILES string of the molecule is CC(C)Cc1ccc(C(C)NC2CCCS(=O)(=O)C2)cc1. The second-order valence-corrected chi connectivity index (χ2v) is 8.91. The van der Waals surface area contributed by atoms with Crippen LogP contribution >= 0.6 is 0 Å². The summed E-state index contributed by atoms with van der Waals surface area (Å²) in [5.74, 6) is 1.30. The third kappa shape index (κ3) is 5.11. The summed E-state index contributed by atoms with van der Waals surface area (Å²) < 4.78 is 23.4. The number of sulfone groups is 1. The van der Waals surface area contributed by atoms with E-state index in [9.17, 15) is 8.42 Å². The molecule has 0 spiro atoms. The van der Waals surface area contributed by atoms with Crippen LogP contribution in [-0.4, -0.2) is 26.0 Å². The van der Waals surface area contributed by atoms with Gasteiger partial charge in [0.2, 0.25) is 0 Å². The molecule has 1 aromatic rings. The van der Waals surface area contributed by atoms with Gasteiger partial charge in [0.05, 0.1) is 11.5 Å². The average Bonchev–Trinajstić information content (AvgIpc) is 2.37. The molecule has 1 heterocycles. The zero-order valence-electron chi connectivity index (χ0n) is 13.3. The van der Waals surface area contributed by atoms with Crippen molar-refractivity contribution in [2.45, 2.75) is 52.1 Å². The first-order valence-corrected chi connectivity index (χ1v) is 9.73. The van der Waals surface area contributed by atoms with E-state index in [4.69, 9.17) is 0 Å². The van der Waals surface area contributed by atoms with Crippen LogP contribution in [0.1, 0.15) is 50.8 Å². The maximum atomic E-state index is 11.7. The van der Waals surface area contributed by atoms with Crippen molar-refractivity contribution in [1.82, 2.24) is 5.32 Å². The lowest BCUT2D eigenvalue weighted by Gasteiger charge is -2.27. The van der Waals surface area contributed by atoms with Crippen molar-refractivity contribution < 1.29 is 8.42 Å². The third-order valence-electron chi connectivity index (χ3n) is 4.07. The Balaban J connectivity index is 1.95. The Kier molecular flexibility index (Phi) is 5.44. The van der Waals surface area contributed by atoms with Crippen molar-refractivity contribution in [1.29, 1.82) is 0 Å². The molecule has 21 heavy (non-hydrogen) atoms. The molecule has 4 heteroatoms. The molecule has 0 radical (unpaired) electrons. The molecule has 3 nitrogen and oxygen atoms in total. The molecular weight excluding hydrogens is 282 g/mol. The summed E-state index contributed by atoms with van der Waals surface area (Å²) in [5, 5.41) is 3.47. The first-order chi connectivity index (χ1) is 9.85. The minimum atomic E-state index is -2.84. The van der Waals surface area contributed by atoms with Gasteiger partial charge in [-0.3, -0.25) is 0 Å². The van der Waals surface area contributed by atoms with Gasteiger partial charge in [-0.05, 0) is 43.2 Å². The fraction of sp³-hybridized carbons (Fsp3) is 0.647. The number of nitrogens with one attached hydrogen (secondary N) is 1. The predicted octanol–water partition coefficient (Wildman–Crippen LogP) is 3.11. The van der Waals surface area contributed by atoms with Gasteiger partial charge >= 0.3 is 0 Å². The summed E-state index contributed by atoms with van der Waals surface area (Å²) >= 11 is 0. The average molecular weight is 309 g/mol. The minimum absolute atomic E-state index is 0.0918. The Morgan fingerprint density at radius 1 is 1.19 bits per heavy atom. The fourth-order valence-corrected chi connectivity index (χ4v) is 4.67. The topological polar surface area (TPSA) is 46.2 Å². The zero-order chi connectivity index (χ0) is 15.5. The van der Waals surface area contributed by atoms with E-state index in [2.05, 4.69) is 50.4 Å². The van der Waals surface area contributed by atoms with Gasteiger partial charge in [-0.25, -0.2) is 8.42 Å². The highest BCUT2D eigenvalue weighted by molar-refractivity contribution is 7.91. The second-order valence-electron chi connectivity index (χ2n) is 6.68. The third-order valence-corrected chi connectivity index (χ3v) is 5.89. The van der Waals surface area contributed by atoms with Crippen LogP contribution in [0.2, 0.25) is 0 Å². The van der Waals surface area contributed by atoms with Gasteiger partial charge in [0.1, 0.15) is 0 Å². The Labute approximate surface area is 129 Å². The Bertz CT molecular complexity index is 549. The molecule has 1 fully saturated rings. The molecule has 0 aliphatic carbocycles. The minimum Gasteiger partial charge on any atom is -0.306 e. The Hall–Kier alpha value is -0.870. The van der Waals surface area contributed by atoms with Crippen LogP contribution in [0, 0.1) is 5.92 Å². The monoisotopic (exact) mass is 309 g/mol. The van der Waals surface area contributed by atoms with Crippen molar-refractivity contribution in [2.24, 2.45) is 5.92 Å². The van der Waals surface area contributed by atoms with Gasteiger partial charge in [0, 0.05) is 12.1 Å². The molecule has 1 saturated heterocycles. The zero-order valence-corrected chi connectivity index (χ0v) is 14.1. The fourth-order valence-electron chi connectivity index (χ4n) is 3.02. The molecule has 0 saturated carbocycles. The molecule has 1 aliphatic rings. The van der Waals surface area contributed by atoms with Crippen LogP contribution in [0.3, 0.4) is 0 Å². The summed E-state index contributed by atoms with van der Waals surface area (Å²) in [5.41, 5.74) is 2.59. The number of rotatable bonds is 5. The summed E-state index contributed by atoms with van der Waals surface area (Å²) in [6, 6.07) is 8.97. The number of benzene rings is 1. The molecule has 0 amide bonds. The van der Waals surface area contributed by atoms with E-state index in [0.29, 0.717) is 11.7 Å². The molecular formula is C17H27NO2S. The molecule has 2 atom stereocenters. The molecule has 0 bridgehead atoms. The number of hydrogen-bond donors (Lipinski definition) is 1.